The van der Waals surface area contributed by atoms with Gasteiger partial charge >= 0.3 is 0 Å². The van der Waals surface area contributed by atoms with Crippen LogP contribution in [0, 0.1) is 0 Å². The van der Waals surface area contributed by atoms with Crippen molar-refractivity contribution in [1.82, 2.24) is 0 Å². The van der Waals surface area contributed by atoms with Crippen LogP contribution in [0.5, 0.6) is 5.75 Å². The highest BCUT2D eigenvalue weighted by atomic mass is 79.9. The Hall–Kier alpha value is -3.38. The fourth-order valence-electron chi connectivity index (χ4n) is 3.31. The molecule has 0 bridgehead atoms. The first-order valence-electron chi connectivity index (χ1n) is 10.4. The van der Waals surface area contributed by atoms with Gasteiger partial charge in [0, 0.05) is 21.0 Å². The summed E-state index contributed by atoms with van der Waals surface area (Å²) in [6.07, 6.45) is 1.97. The van der Waals surface area contributed by atoms with Gasteiger partial charge in [-0.1, -0.05) is 47.5 Å². The summed E-state index contributed by atoms with van der Waals surface area (Å²) in [5, 5.41) is 3.55. The number of ketones is 1. The SMILES string of the molecule is CCCCOc1cccc(C(=O)Nc2c(C(=O)c3ccc(Br)cc3)oc3ccccc23)c1. The molecule has 0 aliphatic rings. The molecule has 5 nitrogen and oxygen atoms in total. The van der Waals surface area contributed by atoms with Crippen LogP contribution in [-0.4, -0.2) is 18.3 Å². The number of hydrogen-bond acceptors (Lipinski definition) is 4. The number of fused-ring (bicyclic) bond motifs is 1. The minimum atomic E-state index is -0.345. The first-order valence-corrected chi connectivity index (χ1v) is 11.2. The van der Waals surface area contributed by atoms with Crippen LogP contribution >= 0.6 is 15.9 Å². The molecule has 0 fully saturated rings. The molecular weight excluding hydrogens is 470 g/mol. The molecule has 0 aliphatic heterocycles. The minimum Gasteiger partial charge on any atom is -0.494 e. The van der Waals surface area contributed by atoms with Gasteiger partial charge in [0.1, 0.15) is 11.3 Å². The lowest BCUT2D eigenvalue weighted by molar-refractivity contribution is 0.101. The number of benzene rings is 3. The van der Waals surface area contributed by atoms with E-state index in [2.05, 4.69) is 28.2 Å². The molecule has 1 N–H and O–H groups in total. The van der Waals surface area contributed by atoms with Crippen LogP contribution in [0.1, 0.15) is 46.2 Å². The van der Waals surface area contributed by atoms with Gasteiger partial charge in [0.25, 0.3) is 5.91 Å². The van der Waals surface area contributed by atoms with Crippen molar-refractivity contribution < 1.29 is 18.7 Å². The molecule has 0 saturated carbocycles. The topological polar surface area (TPSA) is 68.5 Å². The molecule has 1 amide bonds. The number of carbonyl (C=O) groups excluding carboxylic acids is 2. The molecule has 0 aliphatic carbocycles. The lowest BCUT2D eigenvalue weighted by Crippen LogP contribution is -2.14. The summed E-state index contributed by atoms with van der Waals surface area (Å²) in [6, 6.07) is 21.2. The third-order valence-electron chi connectivity index (χ3n) is 5.01. The van der Waals surface area contributed by atoms with Gasteiger partial charge in [0.15, 0.2) is 5.76 Å². The number of ether oxygens (including phenoxy) is 1. The molecule has 4 rings (SSSR count). The second-order valence-corrected chi connectivity index (χ2v) is 8.24. The van der Waals surface area contributed by atoms with Crippen molar-refractivity contribution in [3.8, 4) is 5.75 Å². The summed E-state index contributed by atoms with van der Waals surface area (Å²) in [5.74, 6) is 0.0783. The maximum Gasteiger partial charge on any atom is 0.255 e. The molecule has 1 heterocycles. The Morgan fingerprint density at radius 2 is 1.75 bits per heavy atom. The third kappa shape index (κ3) is 4.75. The lowest BCUT2D eigenvalue weighted by Gasteiger charge is -2.09. The van der Waals surface area contributed by atoms with Crippen molar-refractivity contribution >= 4 is 44.3 Å². The molecule has 3 aromatic carbocycles. The average molecular weight is 492 g/mol. The molecule has 4 aromatic rings. The number of hydrogen-bond donors (Lipinski definition) is 1. The second-order valence-electron chi connectivity index (χ2n) is 7.32. The van der Waals surface area contributed by atoms with Gasteiger partial charge in [-0.2, -0.15) is 0 Å². The fourth-order valence-corrected chi connectivity index (χ4v) is 3.57. The summed E-state index contributed by atoms with van der Waals surface area (Å²) >= 11 is 3.38. The first-order chi connectivity index (χ1) is 15.6. The van der Waals surface area contributed by atoms with Gasteiger partial charge in [-0.15, -0.1) is 0 Å². The lowest BCUT2D eigenvalue weighted by atomic mass is 10.1. The van der Waals surface area contributed by atoms with Gasteiger partial charge in [-0.25, -0.2) is 0 Å². The van der Waals surface area contributed by atoms with E-state index in [-0.39, 0.29) is 17.5 Å². The van der Waals surface area contributed by atoms with Gasteiger partial charge in [-0.05, 0) is 61.0 Å². The minimum absolute atomic E-state index is 0.0947. The number of halogens is 1. The van der Waals surface area contributed by atoms with Crippen LogP contribution in [-0.2, 0) is 0 Å². The molecule has 32 heavy (non-hydrogen) atoms. The molecule has 6 heteroatoms. The summed E-state index contributed by atoms with van der Waals surface area (Å²) in [6.45, 7) is 2.69. The number of para-hydroxylation sites is 1. The van der Waals surface area contributed by atoms with E-state index in [4.69, 9.17) is 9.15 Å². The number of carbonyl (C=O) groups is 2. The maximum atomic E-state index is 13.2. The van der Waals surface area contributed by atoms with E-state index in [1.165, 1.54) is 0 Å². The average Bonchev–Trinajstić information content (AvgIpc) is 3.18. The fraction of sp³-hybridized carbons (Fsp3) is 0.154. The smallest absolute Gasteiger partial charge is 0.255 e. The number of rotatable bonds is 8. The van der Waals surface area contributed by atoms with Crippen LogP contribution < -0.4 is 10.1 Å². The van der Waals surface area contributed by atoms with E-state index in [9.17, 15) is 9.59 Å². The van der Waals surface area contributed by atoms with E-state index in [0.717, 1.165) is 17.3 Å². The molecule has 0 atom stereocenters. The Kier molecular flexibility index (Phi) is 6.71. The first kappa shape index (κ1) is 21.8. The largest absolute Gasteiger partial charge is 0.494 e. The Morgan fingerprint density at radius 3 is 2.53 bits per heavy atom. The Balaban J connectivity index is 1.66. The van der Waals surface area contributed by atoms with Crippen LogP contribution in [0.2, 0.25) is 0 Å². The van der Waals surface area contributed by atoms with Crippen molar-refractivity contribution in [1.29, 1.82) is 0 Å². The highest BCUT2D eigenvalue weighted by Gasteiger charge is 2.24. The predicted molar refractivity (Wildman–Crippen MR) is 129 cm³/mol. The van der Waals surface area contributed by atoms with Crippen LogP contribution in [0.3, 0.4) is 0 Å². The van der Waals surface area contributed by atoms with Crippen LogP contribution in [0.4, 0.5) is 5.69 Å². The van der Waals surface area contributed by atoms with E-state index >= 15 is 0 Å². The monoisotopic (exact) mass is 491 g/mol. The second kappa shape index (κ2) is 9.83. The van der Waals surface area contributed by atoms with Crippen molar-refractivity contribution in [3.05, 3.63) is 94.2 Å². The van der Waals surface area contributed by atoms with E-state index < -0.39 is 0 Å². The third-order valence-corrected chi connectivity index (χ3v) is 5.54. The molecule has 1 aromatic heterocycles. The van der Waals surface area contributed by atoms with Gasteiger partial charge in [0.05, 0.1) is 12.3 Å². The number of amides is 1. The maximum absolute atomic E-state index is 13.2. The van der Waals surface area contributed by atoms with E-state index in [0.29, 0.717) is 40.1 Å². The number of unbranched alkanes of at least 4 members (excludes halogenated alkanes) is 1. The zero-order chi connectivity index (χ0) is 22.5. The van der Waals surface area contributed by atoms with Crippen molar-refractivity contribution in [2.45, 2.75) is 19.8 Å². The van der Waals surface area contributed by atoms with Gasteiger partial charge < -0.3 is 14.5 Å². The quantitative estimate of drug-likeness (QED) is 0.216. The van der Waals surface area contributed by atoms with Gasteiger partial charge in [0.2, 0.25) is 5.78 Å². The van der Waals surface area contributed by atoms with Crippen LogP contribution in [0.15, 0.2) is 81.7 Å². The standard InChI is InChI=1S/C26H22BrNO4/c1-2-3-15-31-20-8-6-7-18(16-20)26(30)28-23-21-9-4-5-10-22(21)32-25(23)24(29)17-11-13-19(27)14-12-17/h4-14,16H,2-3,15H2,1H3,(H,28,30). The molecule has 0 spiro atoms. The van der Waals surface area contributed by atoms with Crippen LogP contribution in [0.25, 0.3) is 11.0 Å². The normalized spacial score (nSPS) is 10.8. The number of nitrogens with one attached hydrogen (secondary N) is 1. The predicted octanol–water partition coefficient (Wildman–Crippen LogP) is 6.86. The van der Waals surface area contributed by atoms with Gasteiger partial charge in [-0.3, -0.25) is 9.59 Å². The van der Waals surface area contributed by atoms with E-state index in [1.807, 2.05) is 24.3 Å². The number of anilines is 1. The highest BCUT2D eigenvalue weighted by Crippen LogP contribution is 2.33. The Labute approximate surface area is 194 Å². The zero-order valence-electron chi connectivity index (χ0n) is 17.6. The summed E-state index contributed by atoms with van der Waals surface area (Å²) in [5.41, 5.74) is 1.79. The van der Waals surface area contributed by atoms with Crippen molar-refractivity contribution in [3.63, 3.8) is 0 Å². The summed E-state index contributed by atoms with van der Waals surface area (Å²) < 4.78 is 12.5. The molecule has 0 radical (unpaired) electrons. The summed E-state index contributed by atoms with van der Waals surface area (Å²) in [7, 11) is 0. The molecule has 0 unspecified atom stereocenters. The Morgan fingerprint density at radius 1 is 0.969 bits per heavy atom. The van der Waals surface area contributed by atoms with Crippen molar-refractivity contribution in [2.75, 3.05) is 11.9 Å². The van der Waals surface area contributed by atoms with E-state index in [1.54, 1.807) is 48.5 Å². The number of furan rings is 1. The molecule has 0 saturated heterocycles. The summed E-state index contributed by atoms with van der Waals surface area (Å²) in [4.78, 5) is 26.3. The molecule has 162 valence electrons. The zero-order valence-corrected chi connectivity index (χ0v) is 19.1. The Bertz CT molecular complexity index is 1260. The van der Waals surface area contributed by atoms with Crippen molar-refractivity contribution in [2.24, 2.45) is 0 Å². The molecular formula is C26H22BrNO4. The highest BCUT2D eigenvalue weighted by molar-refractivity contribution is 9.10.